The molecule has 1 fully saturated rings. The second kappa shape index (κ2) is 9.41. The topological polar surface area (TPSA) is 115 Å². The monoisotopic (exact) mass is 474 g/mol. The number of hydrogen-bond acceptors (Lipinski definition) is 8. The molecule has 3 aromatic rings. The van der Waals surface area contributed by atoms with Gasteiger partial charge in [-0.3, -0.25) is 4.79 Å². The zero-order chi connectivity index (χ0) is 24.3. The maximum Gasteiger partial charge on any atom is 0.573 e. The Balaban J connectivity index is 1.39. The van der Waals surface area contributed by atoms with Crippen LogP contribution < -0.4 is 25.4 Å². The lowest BCUT2D eigenvalue weighted by Gasteiger charge is -2.18. The highest BCUT2D eigenvalue weighted by Gasteiger charge is 2.31. The van der Waals surface area contributed by atoms with Crippen molar-refractivity contribution < 1.29 is 27.4 Å². The number of nitrogens with one attached hydrogen (secondary N) is 1. The van der Waals surface area contributed by atoms with Crippen molar-refractivity contribution in [1.82, 2.24) is 15.0 Å². The molecule has 1 aliphatic rings. The van der Waals surface area contributed by atoms with Gasteiger partial charge in [-0.05, 0) is 48.9 Å². The van der Waals surface area contributed by atoms with Crippen molar-refractivity contribution in [2.75, 3.05) is 23.3 Å². The van der Waals surface area contributed by atoms with E-state index in [1.54, 1.807) is 25.1 Å². The Morgan fingerprint density at radius 2 is 1.88 bits per heavy atom. The molecular weight excluding hydrogens is 453 g/mol. The molecule has 12 heteroatoms. The zero-order valence-corrected chi connectivity index (χ0v) is 18.0. The number of rotatable bonds is 7. The summed E-state index contributed by atoms with van der Waals surface area (Å²) in [5.74, 6) is 0.350. The van der Waals surface area contributed by atoms with E-state index in [9.17, 15) is 18.0 Å². The van der Waals surface area contributed by atoms with Gasteiger partial charge in [0.15, 0.2) is 0 Å². The lowest BCUT2D eigenvalue weighted by Crippen LogP contribution is -2.26. The third-order valence-electron chi connectivity index (χ3n) is 5.19. The third-order valence-corrected chi connectivity index (χ3v) is 5.19. The van der Waals surface area contributed by atoms with Gasteiger partial charge in [0, 0.05) is 24.2 Å². The van der Waals surface area contributed by atoms with Crippen molar-refractivity contribution in [2.45, 2.75) is 25.8 Å². The van der Waals surface area contributed by atoms with Crippen LogP contribution in [0.15, 0.2) is 48.8 Å². The average Bonchev–Trinajstić information content (AvgIpc) is 3.24. The van der Waals surface area contributed by atoms with Crippen molar-refractivity contribution in [3.63, 3.8) is 0 Å². The normalized spacial score (nSPS) is 15.8. The molecule has 0 radical (unpaired) electrons. The molecule has 2 aromatic carbocycles. The van der Waals surface area contributed by atoms with Crippen LogP contribution in [0.5, 0.6) is 11.5 Å². The van der Waals surface area contributed by atoms with Crippen LogP contribution in [-0.4, -0.2) is 46.4 Å². The molecule has 1 aliphatic heterocycles. The number of carbonyl (C=O) groups is 1. The maximum absolute atomic E-state index is 12.3. The molecule has 178 valence electrons. The van der Waals surface area contributed by atoms with Gasteiger partial charge in [-0.1, -0.05) is 6.07 Å². The molecule has 3 N–H and O–H groups in total. The molecule has 34 heavy (non-hydrogen) atoms. The summed E-state index contributed by atoms with van der Waals surface area (Å²) in [6.07, 6.45) is -2.88. The largest absolute Gasteiger partial charge is 0.573 e. The number of aromatic nitrogens is 3. The van der Waals surface area contributed by atoms with Crippen LogP contribution in [0, 0.1) is 6.92 Å². The average molecular weight is 474 g/mol. The number of nitrogens with zero attached hydrogens (tertiary/aromatic N) is 4. The van der Waals surface area contributed by atoms with Gasteiger partial charge < -0.3 is 25.4 Å². The lowest BCUT2D eigenvalue weighted by atomic mass is 10.1. The highest BCUT2D eigenvalue weighted by atomic mass is 19.4. The molecule has 0 unspecified atom stereocenters. The molecule has 4 rings (SSSR count). The van der Waals surface area contributed by atoms with Gasteiger partial charge in [0.05, 0.1) is 6.54 Å². The smallest absolute Gasteiger partial charge is 0.489 e. The van der Waals surface area contributed by atoms with Crippen molar-refractivity contribution in [3.8, 4) is 11.5 Å². The summed E-state index contributed by atoms with van der Waals surface area (Å²) in [5.41, 5.74) is 7.13. The van der Waals surface area contributed by atoms with Crippen molar-refractivity contribution in [1.29, 1.82) is 0 Å². The molecule has 1 saturated heterocycles. The van der Waals surface area contributed by atoms with Crippen LogP contribution in [0.1, 0.15) is 22.3 Å². The van der Waals surface area contributed by atoms with Crippen LogP contribution in [0.25, 0.3) is 0 Å². The Morgan fingerprint density at radius 3 is 2.59 bits per heavy atom. The van der Waals surface area contributed by atoms with Crippen LogP contribution in [0.2, 0.25) is 0 Å². The minimum atomic E-state index is -4.74. The lowest BCUT2D eigenvalue weighted by molar-refractivity contribution is -0.274. The van der Waals surface area contributed by atoms with E-state index in [1.807, 2.05) is 4.90 Å². The van der Waals surface area contributed by atoms with Crippen LogP contribution >= 0.6 is 0 Å². The minimum absolute atomic E-state index is 0.197. The summed E-state index contributed by atoms with van der Waals surface area (Å²) < 4.78 is 46.6. The van der Waals surface area contributed by atoms with Gasteiger partial charge >= 0.3 is 6.36 Å². The molecule has 0 saturated carbocycles. The summed E-state index contributed by atoms with van der Waals surface area (Å²) >= 11 is 0. The van der Waals surface area contributed by atoms with E-state index in [0.29, 0.717) is 54.0 Å². The fraction of sp³-hybridized carbons (Fsp3) is 0.273. The SMILES string of the molecule is Cc1c(Nc2ncnc(N3CC[C@@H](Oc4ccc(OC(F)(F)F)cc4)C3)n2)cccc1C(N)=O. The first-order valence-corrected chi connectivity index (χ1v) is 10.3. The van der Waals surface area contributed by atoms with Gasteiger partial charge in [0.1, 0.15) is 23.9 Å². The van der Waals surface area contributed by atoms with E-state index in [1.165, 1.54) is 30.6 Å². The molecule has 9 nitrogen and oxygen atoms in total. The van der Waals surface area contributed by atoms with Crippen LogP contribution in [-0.2, 0) is 0 Å². The minimum Gasteiger partial charge on any atom is -0.489 e. The fourth-order valence-corrected chi connectivity index (χ4v) is 3.58. The predicted molar refractivity (Wildman–Crippen MR) is 117 cm³/mol. The van der Waals surface area contributed by atoms with E-state index in [2.05, 4.69) is 25.0 Å². The Labute approximate surface area is 192 Å². The van der Waals surface area contributed by atoms with Crippen LogP contribution in [0.3, 0.4) is 0 Å². The van der Waals surface area contributed by atoms with E-state index < -0.39 is 12.3 Å². The third kappa shape index (κ3) is 5.63. The van der Waals surface area contributed by atoms with Crippen molar-refractivity contribution >= 4 is 23.5 Å². The molecule has 0 bridgehead atoms. The zero-order valence-electron chi connectivity index (χ0n) is 18.0. The van der Waals surface area contributed by atoms with Gasteiger partial charge in [0.25, 0.3) is 0 Å². The summed E-state index contributed by atoms with van der Waals surface area (Å²) in [6, 6.07) is 10.4. The number of benzene rings is 2. The molecule has 0 spiro atoms. The quantitative estimate of drug-likeness (QED) is 0.534. The number of hydrogen-bond donors (Lipinski definition) is 2. The summed E-state index contributed by atoms with van der Waals surface area (Å²) in [4.78, 5) is 26.3. The number of carbonyl (C=O) groups excluding carboxylic acids is 1. The number of nitrogens with two attached hydrogens (primary N) is 1. The number of ether oxygens (including phenoxy) is 2. The number of alkyl halides is 3. The second-order valence-electron chi connectivity index (χ2n) is 7.57. The van der Waals surface area contributed by atoms with Gasteiger partial charge in [-0.25, -0.2) is 9.97 Å². The van der Waals surface area contributed by atoms with Crippen molar-refractivity contribution in [2.24, 2.45) is 5.73 Å². The highest BCUT2D eigenvalue weighted by molar-refractivity contribution is 5.95. The van der Waals surface area contributed by atoms with Crippen LogP contribution in [0.4, 0.5) is 30.8 Å². The van der Waals surface area contributed by atoms with E-state index in [0.717, 1.165) is 0 Å². The Morgan fingerprint density at radius 1 is 1.15 bits per heavy atom. The molecule has 0 aliphatic carbocycles. The molecule has 1 amide bonds. The van der Waals surface area contributed by atoms with E-state index >= 15 is 0 Å². The standard InChI is InChI=1S/C22H21F3N6O3/c1-13-17(19(26)32)3-2-4-18(13)29-20-27-12-28-21(30-20)31-10-9-16(11-31)33-14-5-7-15(8-6-14)34-22(23,24)25/h2-8,12,16H,9-11H2,1H3,(H2,26,32)(H,27,28,29,30)/t16-/m1/s1. The Hall–Kier alpha value is -4.09. The second-order valence-corrected chi connectivity index (χ2v) is 7.57. The molecule has 1 aromatic heterocycles. The summed E-state index contributed by atoms with van der Waals surface area (Å²) in [6.45, 7) is 2.88. The first-order valence-electron chi connectivity index (χ1n) is 10.3. The Bertz CT molecular complexity index is 1170. The molecule has 1 atom stereocenters. The number of anilines is 3. The predicted octanol–water partition coefficient (Wildman–Crippen LogP) is 3.58. The molecule has 2 heterocycles. The first-order chi connectivity index (χ1) is 16.2. The Kier molecular flexibility index (Phi) is 6.39. The highest BCUT2D eigenvalue weighted by Crippen LogP contribution is 2.27. The molecular formula is C22H21F3N6O3. The van der Waals surface area contributed by atoms with Gasteiger partial charge in [0.2, 0.25) is 17.8 Å². The maximum atomic E-state index is 12.3. The summed E-state index contributed by atoms with van der Waals surface area (Å²) in [7, 11) is 0. The number of primary amides is 1. The van der Waals surface area contributed by atoms with E-state index in [4.69, 9.17) is 10.5 Å². The van der Waals surface area contributed by atoms with Gasteiger partial charge in [-0.2, -0.15) is 4.98 Å². The fourth-order valence-electron chi connectivity index (χ4n) is 3.58. The van der Waals surface area contributed by atoms with Gasteiger partial charge in [-0.15, -0.1) is 13.2 Å². The van der Waals surface area contributed by atoms with Crippen molar-refractivity contribution in [3.05, 3.63) is 59.9 Å². The summed E-state index contributed by atoms with van der Waals surface area (Å²) in [5, 5.41) is 3.08. The first kappa shape index (κ1) is 23.1. The van der Waals surface area contributed by atoms with E-state index in [-0.39, 0.29) is 11.9 Å². The number of halogens is 3. The number of amides is 1.